The number of carbonyl (C=O) groups excluding carboxylic acids is 1. The summed E-state index contributed by atoms with van der Waals surface area (Å²) in [7, 11) is 4.02. The molecule has 1 N–H and O–H groups in total. The van der Waals surface area contributed by atoms with Gasteiger partial charge in [0, 0.05) is 24.8 Å². The molecule has 0 saturated heterocycles. The van der Waals surface area contributed by atoms with E-state index in [1.165, 1.54) is 5.56 Å². The van der Waals surface area contributed by atoms with Crippen molar-refractivity contribution in [2.75, 3.05) is 26.0 Å². The van der Waals surface area contributed by atoms with Crippen LogP contribution in [0.5, 0.6) is 0 Å². The Kier molecular flexibility index (Phi) is 5.12. The Bertz CT molecular complexity index is 966. The van der Waals surface area contributed by atoms with E-state index in [2.05, 4.69) is 21.3 Å². The maximum Gasteiger partial charge on any atom is 0.323 e. The monoisotopic (exact) mass is 376 g/mol. The quantitative estimate of drug-likeness (QED) is 0.748. The topological polar surface area (TPSA) is 61.6 Å². The van der Waals surface area contributed by atoms with E-state index in [9.17, 15) is 4.79 Å². The maximum absolute atomic E-state index is 12.7. The fourth-order valence-corrected chi connectivity index (χ4v) is 3.43. The van der Waals surface area contributed by atoms with Crippen LogP contribution in [0, 0.1) is 0 Å². The summed E-state index contributed by atoms with van der Waals surface area (Å²) in [5.41, 5.74) is 3.33. The zero-order chi connectivity index (χ0) is 19.5. The minimum absolute atomic E-state index is 0.155. The Balaban J connectivity index is 1.44. The van der Waals surface area contributed by atoms with Crippen molar-refractivity contribution in [3.05, 3.63) is 71.6 Å². The van der Waals surface area contributed by atoms with Crippen molar-refractivity contribution in [2.24, 2.45) is 0 Å². The van der Waals surface area contributed by atoms with E-state index in [0.717, 1.165) is 35.6 Å². The number of anilines is 1. The number of carbonyl (C=O) groups is 1. The van der Waals surface area contributed by atoms with E-state index < -0.39 is 0 Å². The molecule has 0 spiro atoms. The summed E-state index contributed by atoms with van der Waals surface area (Å²) in [5, 5.41) is 2.91. The highest BCUT2D eigenvalue weighted by Gasteiger charge is 2.25. The number of furan rings is 1. The number of fused-ring (bicyclic) bond motifs is 1. The summed E-state index contributed by atoms with van der Waals surface area (Å²) in [6.07, 6.45) is 2.51. The Morgan fingerprint density at radius 1 is 1.21 bits per heavy atom. The van der Waals surface area contributed by atoms with Gasteiger partial charge in [-0.25, -0.2) is 9.78 Å². The van der Waals surface area contributed by atoms with Crippen molar-refractivity contribution in [1.29, 1.82) is 0 Å². The summed E-state index contributed by atoms with van der Waals surface area (Å²) < 4.78 is 6.04. The van der Waals surface area contributed by atoms with Crippen LogP contribution in [0.4, 0.5) is 10.6 Å². The van der Waals surface area contributed by atoms with Crippen LogP contribution in [0.2, 0.25) is 0 Å². The van der Waals surface area contributed by atoms with Crippen molar-refractivity contribution in [3.63, 3.8) is 0 Å². The maximum atomic E-state index is 12.7. The SMILES string of the molecule is CN(C)Cc1ccnc(NC(=O)N2CCc3cc(-c4ccccc4)oc3C2)c1. The summed E-state index contributed by atoms with van der Waals surface area (Å²) >= 11 is 0. The lowest BCUT2D eigenvalue weighted by Gasteiger charge is -2.26. The molecule has 1 aliphatic heterocycles. The average Bonchev–Trinajstić information content (AvgIpc) is 3.12. The molecule has 1 aromatic carbocycles. The molecule has 0 aliphatic carbocycles. The third-order valence-corrected chi connectivity index (χ3v) is 4.79. The van der Waals surface area contributed by atoms with Gasteiger partial charge in [-0.3, -0.25) is 5.32 Å². The third-order valence-electron chi connectivity index (χ3n) is 4.79. The molecular weight excluding hydrogens is 352 g/mol. The van der Waals surface area contributed by atoms with E-state index in [1.54, 1.807) is 11.1 Å². The predicted molar refractivity (Wildman–Crippen MR) is 109 cm³/mol. The molecule has 0 bridgehead atoms. The molecule has 144 valence electrons. The van der Waals surface area contributed by atoms with E-state index >= 15 is 0 Å². The van der Waals surface area contributed by atoms with Gasteiger partial charge in [0.2, 0.25) is 0 Å². The number of aromatic nitrogens is 1. The lowest BCUT2D eigenvalue weighted by atomic mass is 10.1. The molecule has 2 amide bonds. The van der Waals surface area contributed by atoms with Crippen LogP contribution >= 0.6 is 0 Å². The zero-order valence-electron chi connectivity index (χ0n) is 16.2. The van der Waals surface area contributed by atoms with Gasteiger partial charge in [-0.05, 0) is 49.8 Å². The van der Waals surface area contributed by atoms with Crippen molar-refractivity contribution >= 4 is 11.8 Å². The predicted octanol–water partition coefficient (Wildman–Crippen LogP) is 3.99. The van der Waals surface area contributed by atoms with Gasteiger partial charge < -0.3 is 14.2 Å². The molecule has 6 nitrogen and oxygen atoms in total. The van der Waals surface area contributed by atoms with Gasteiger partial charge >= 0.3 is 6.03 Å². The number of pyridine rings is 1. The molecule has 1 aliphatic rings. The molecule has 3 aromatic rings. The van der Waals surface area contributed by atoms with Crippen LogP contribution in [-0.2, 0) is 19.5 Å². The van der Waals surface area contributed by atoms with Crippen molar-refractivity contribution < 1.29 is 9.21 Å². The van der Waals surface area contributed by atoms with Gasteiger partial charge in [-0.15, -0.1) is 0 Å². The second-order valence-electron chi connectivity index (χ2n) is 7.31. The molecule has 2 aromatic heterocycles. The zero-order valence-corrected chi connectivity index (χ0v) is 16.2. The second kappa shape index (κ2) is 7.86. The summed E-state index contributed by atoms with van der Waals surface area (Å²) in [6.45, 7) is 1.92. The first-order chi connectivity index (χ1) is 13.6. The van der Waals surface area contributed by atoms with Crippen LogP contribution in [-0.4, -0.2) is 41.5 Å². The number of amides is 2. The van der Waals surface area contributed by atoms with Crippen LogP contribution in [0.1, 0.15) is 16.9 Å². The lowest BCUT2D eigenvalue weighted by Crippen LogP contribution is -2.38. The number of hydrogen-bond donors (Lipinski definition) is 1. The largest absolute Gasteiger partial charge is 0.459 e. The second-order valence-corrected chi connectivity index (χ2v) is 7.31. The Hall–Kier alpha value is -3.12. The van der Waals surface area contributed by atoms with Crippen molar-refractivity contribution in [3.8, 4) is 11.3 Å². The van der Waals surface area contributed by atoms with E-state index in [-0.39, 0.29) is 6.03 Å². The van der Waals surface area contributed by atoms with Gasteiger partial charge in [0.1, 0.15) is 17.3 Å². The molecule has 28 heavy (non-hydrogen) atoms. The molecule has 0 radical (unpaired) electrons. The number of rotatable bonds is 4. The minimum atomic E-state index is -0.155. The first-order valence-electron chi connectivity index (χ1n) is 9.41. The number of hydrogen-bond acceptors (Lipinski definition) is 4. The molecule has 0 atom stereocenters. The first kappa shape index (κ1) is 18.3. The van der Waals surface area contributed by atoms with E-state index in [0.29, 0.717) is 18.9 Å². The molecular formula is C22H24N4O2. The highest BCUT2D eigenvalue weighted by Crippen LogP contribution is 2.29. The number of nitrogens with one attached hydrogen (secondary N) is 1. The lowest BCUT2D eigenvalue weighted by molar-refractivity contribution is 0.200. The smallest absolute Gasteiger partial charge is 0.323 e. The third kappa shape index (κ3) is 4.07. The van der Waals surface area contributed by atoms with Gasteiger partial charge in [0.25, 0.3) is 0 Å². The Morgan fingerprint density at radius 3 is 2.82 bits per heavy atom. The van der Waals surface area contributed by atoms with Crippen LogP contribution < -0.4 is 5.32 Å². The highest BCUT2D eigenvalue weighted by molar-refractivity contribution is 5.88. The molecule has 0 fully saturated rings. The van der Waals surface area contributed by atoms with Gasteiger partial charge in [0.05, 0.1) is 6.54 Å². The normalized spacial score (nSPS) is 13.5. The summed E-state index contributed by atoms with van der Waals surface area (Å²) in [5.74, 6) is 2.28. The number of benzene rings is 1. The standard InChI is InChI=1S/C22H24N4O2/c1-25(2)14-16-8-10-23-21(12-16)24-22(27)26-11-9-18-13-19(28-20(18)15-26)17-6-4-3-5-7-17/h3-8,10,12-13H,9,11,14-15H2,1-2H3,(H,23,24,27). The molecule has 3 heterocycles. The van der Waals surface area contributed by atoms with Gasteiger partial charge in [-0.1, -0.05) is 30.3 Å². The van der Waals surface area contributed by atoms with E-state index in [1.807, 2.05) is 56.6 Å². The van der Waals surface area contributed by atoms with Gasteiger partial charge in [-0.2, -0.15) is 0 Å². The number of urea groups is 1. The Morgan fingerprint density at radius 2 is 2.04 bits per heavy atom. The fraction of sp³-hybridized carbons (Fsp3) is 0.273. The fourth-order valence-electron chi connectivity index (χ4n) is 3.43. The first-order valence-corrected chi connectivity index (χ1v) is 9.41. The molecule has 4 rings (SSSR count). The highest BCUT2D eigenvalue weighted by atomic mass is 16.3. The number of nitrogens with zero attached hydrogens (tertiary/aromatic N) is 3. The summed E-state index contributed by atoms with van der Waals surface area (Å²) in [6, 6.07) is 15.8. The Labute approximate surface area is 164 Å². The van der Waals surface area contributed by atoms with E-state index in [4.69, 9.17) is 4.42 Å². The summed E-state index contributed by atoms with van der Waals surface area (Å²) in [4.78, 5) is 20.8. The van der Waals surface area contributed by atoms with Crippen molar-refractivity contribution in [2.45, 2.75) is 19.5 Å². The minimum Gasteiger partial charge on any atom is -0.459 e. The van der Waals surface area contributed by atoms with Crippen LogP contribution in [0.3, 0.4) is 0 Å². The van der Waals surface area contributed by atoms with Crippen LogP contribution in [0.15, 0.2) is 59.1 Å². The molecule has 0 unspecified atom stereocenters. The van der Waals surface area contributed by atoms with Crippen molar-refractivity contribution in [1.82, 2.24) is 14.8 Å². The molecule has 0 saturated carbocycles. The average molecular weight is 376 g/mol. The van der Waals surface area contributed by atoms with Crippen LogP contribution in [0.25, 0.3) is 11.3 Å². The van der Waals surface area contributed by atoms with Gasteiger partial charge in [0.15, 0.2) is 0 Å². The molecule has 6 heteroatoms.